The average molecular weight is 366 g/mol. The summed E-state index contributed by atoms with van der Waals surface area (Å²) in [6.07, 6.45) is 1.74. The minimum Gasteiger partial charge on any atom is -0.467 e. The third kappa shape index (κ3) is 3.83. The number of anilines is 1. The fraction of sp³-hybridized carbons (Fsp3) is 0.286. The van der Waals surface area contributed by atoms with E-state index in [0.29, 0.717) is 35.3 Å². The molecule has 8 nitrogen and oxygen atoms in total. The molecule has 0 unspecified atom stereocenters. The van der Waals surface area contributed by atoms with Gasteiger partial charge in [-0.3, -0.25) is 10.1 Å². The molecule has 0 radical (unpaired) electrons. The number of nitro benzene ring substituents is 1. The molecule has 0 saturated carbocycles. The zero-order valence-electron chi connectivity index (χ0n) is 12.6. The second-order valence-electron chi connectivity index (χ2n) is 4.79. The molecular weight excluding hydrogens is 352 g/mol. The van der Waals surface area contributed by atoms with E-state index >= 15 is 0 Å². The highest BCUT2D eigenvalue weighted by molar-refractivity contribution is 8.00. The molecule has 1 aromatic heterocycles. The lowest BCUT2D eigenvalue weighted by molar-refractivity contribution is -0.385. The van der Waals surface area contributed by atoms with Crippen LogP contribution >= 0.6 is 23.1 Å². The van der Waals surface area contributed by atoms with Crippen molar-refractivity contribution >= 4 is 33.9 Å². The molecule has 0 amide bonds. The van der Waals surface area contributed by atoms with Gasteiger partial charge in [-0.2, -0.15) is 0 Å². The van der Waals surface area contributed by atoms with Gasteiger partial charge in [-0.05, 0) is 0 Å². The second kappa shape index (κ2) is 7.60. The summed E-state index contributed by atoms with van der Waals surface area (Å²) in [6, 6.07) is 3.03. The fourth-order valence-electron chi connectivity index (χ4n) is 2.13. The highest BCUT2D eigenvalue weighted by atomic mass is 32.2. The lowest BCUT2D eigenvalue weighted by Crippen LogP contribution is -2.13. The van der Waals surface area contributed by atoms with Crippen LogP contribution < -0.4 is 10.1 Å². The molecule has 2 heterocycles. The van der Waals surface area contributed by atoms with E-state index in [1.54, 1.807) is 6.08 Å². The summed E-state index contributed by atoms with van der Waals surface area (Å²) in [7, 11) is 0. The number of nitrogens with zero attached hydrogens (tertiary/aromatic N) is 3. The predicted octanol–water partition coefficient (Wildman–Crippen LogP) is 3.20. The van der Waals surface area contributed by atoms with Gasteiger partial charge in [0.2, 0.25) is 5.13 Å². The van der Waals surface area contributed by atoms with Crippen LogP contribution in [0.3, 0.4) is 0 Å². The number of benzene rings is 1. The summed E-state index contributed by atoms with van der Waals surface area (Å²) < 4.78 is 11.5. The molecule has 0 aliphatic carbocycles. The minimum atomic E-state index is -0.411. The Morgan fingerprint density at radius 3 is 3.17 bits per heavy atom. The number of hydrogen-bond donors (Lipinski definition) is 1. The largest absolute Gasteiger partial charge is 0.467 e. The standard InChI is InChI=1S/C14H14N4O4S2/c1-2-3-15-13-16-17-14(24-13)23-7-10-5-11(18(19)20)4-9-6-21-8-22-12(9)10/h2,4-5H,1,3,6-8H2,(H,15,16). The van der Waals surface area contributed by atoms with E-state index in [2.05, 4.69) is 22.1 Å². The molecule has 0 bridgehead atoms. The molecule has 0 atom stereocenters. The van der Waals surface area contributed by atoms with Crippen LogP contribution in [0.1, 0.15) is 11.1 Å². The number of ether oxygens (including phenoxy) is 2. The van der Waals surface area contributed by atoms with E-state index in [1.807, 2.05) is 0 Å². The SMILES string of the molecule is C=CCNc1nnc(SCc2cc([N+](=O)[O-])cc3c2OCOC3)s1. The summed E-state index contributed by atoms with van der Waals surface area (Å²) >= 11 is 2.88. The number of fused-ring (bicyclic) bond motifs is 1. The highest BCUT2D eigenvalue weighted by Crippen LogP contribution is 2.37. The van der Waals surface area contributed by atoms with Crippen LogP contribution in [0.15, 0.2) is 29.1 Å². The van der Waals surface area contributed by atoms with Gasteiger partial charge in [0.1, 0.15) is 5.75 Å². The van der Waals surface area contributed by atoms with E-state index in [0.717, 1.165) is 9.90 Å². The Morgan fingerprint density at radius 2 is 2.38 bits per heavy atom. The Hall–Kier alpha value is -2.17. The number of thioether (sulfide) groups is 1. The number of nitrogens with one attached hydrogen (secondary N) is 1. The number of non-ortho nitro benzene ring substituents is 1. The minimum absolute atomic E-state index is 0.0315. The average Bonchev–Trinajstić information content (AvgIpc) is 3.05. The molecule has 1 aliphatic rings. The van der Waals surface area contributed by atoms with Gasteiger partial charge in [0, 0.05) is 35.6 Å². The molecule has 0 spiro atoms. The fourth-order valence-corrected chi connectivity index (χ4v) is 3.86. The zero-order valence-corrected chi connectivity index (χ0v) is 14.2. The van der Waals surface area contributed by atoms with Crippen molar-refractivity contribution in [3.05, 3.63) is 46.0 Å². The van der Waals surface area contributed by atoms with Crippen molar-refractivity contribution in [2.45, 2.75) is 16.7 Å². The molecule has 1 aromatic carbocycles. The lowest BCUT2D eigenvalue weighted by atomic mass is 10.1. The maximum atomic E-state index is 11.1. The highest BCUT2D eigenvalue weighted by Gasteiger charge is 2.21. The first-order chi connectivity index (χ1) is 11.7. The van der Waals surface area contributed by atoms with E-state index in [9.17, 15) is 10.1 Å². The number of hydrogen-bond acceptors (Lipinski definition) is 9. The van der Waals surface area contributed by atoms with Gasteiger partial charge in [0.25, 0.3) is 5.69 Å². The van der Waals surface area contributed by atoms with Crippen molar-refractivity contribution in [2.24, 2.45) is 0 Å². The van der Waals surface area contributed by atoms with Crippen molar-refractivity contribution in [2.75, 3.05) is 18.7 Å². The molecular formula is C14H14N4O4S2. The monoisotopic (exact) mass is 366 g/mol. The Kier molecular flexibility index (Phi) is 5.28. The third-order valence-corrected chi connectivity index (χ3v) is 5.20. The molecule has 126 valence electrons. The van der Waals surface area contributed by atoms with Crippen LogP contribution in [0.4, 0.5) is 10.8 Å². The summed E-state index contributed by atoms with van der Waals surface area (Å²) in [5.41, 5.74) is 1.48. The molecule has 0 fully saturated rings. The van der Waals surface area contributed by atoms with Crippen molar-refractivity contribution in [1.82, 2.24) is 10.2 Å². The quantitative estimate of drug-likeness (QED) is 0.345. The van der Waals surface area contributed by atoms with Gasteiger partial charge in [-0.1, -0.05) is 29.2 Å². The van der Waals surface area contributed by atoms with E-state index in [-0.39, 0.29) is 12.5 Å². The van der Waals surface area contributed by atoms with E-state index in [4.69, 9.17) is 9.47 Å². The zero-order chi connectivity index (χ0) is 16.9. The lowest BCUT2D eigenvalue weighted by Gasteiger charge is -2.20. The molecule has 0 saturated heterocycles. The molecule has 2 aromatic rings. The first-order valence-corrected chi connectivity index (χ1v) is 8.79. The Bertz CT molecular complexity index is 765. The molecule has 1 N–H and O–H groups in total. The van der Waals surface area contributed by atoms with Crippen molar-refractivity contribution in [3.63, 3.8) is 0 Å². The number of aromatic nitrogens is 2. The van der Waals surface area contributed by atoms with Crippen LogP contribution in [0.25, 0.3) is 0 Å². The van der Waals surface area contributed by atoms with Gasteiger partial charge < -0.3 is 14.8 Å². The van der Waals surface area contributed by atoms with E-state index in [1.165, 1.54) is 35.2 Å². The maximum Gasteiger partial charge on any atom is 0.270 e. The van der Waals surface area contributed by atoms with Crippen LogP contribution in [-0.4, -0.2) is 28.5 Å². The van der Waals surface area contributed by atoms with Crippen molar-refractivity contribution in [1.29, 1.82) is 0 Å². The van der Waals surface area contributed by atoms with Crippen LogP contribution in [-0.2, 0) is 17.1 Å². The van der Waals surface area contributed by atoms with Gasteiger partial charge in [0.15, 0.2) is 11.1 Å². The molecule has 10 heteroatoms. The normalized spacial score (nSPS) is 13.0. The smallest absolute Gasteiger partial charge is 0.270 e. The molecule has 1 aliphatic heterocycles. The Balaban J connectivity index is 1.76. The van der Waals surface area contributed by atoms with Gasteiger partial charge in [-0.25, -0.2) is 0 Å². The Morgan fingerprint density at radius 1 is 1.50 bits per heavy atom. The van der Waals surface area contributed by atoms with Crippen molar-refractivity contribution in [3.8, 4) is 5.75 Å². The summed E-state index contributed by atoms with van der Waals surface area (Å²) in [5.74, 6) is 1.16. The molecule has 24 heavy (non-hydrogen) atoms. The first kappa shape index (κ1) is 16.7. The number of rotatable bonds is 7. The maximum absolute atomic E-state index is 11.1. The summed E-state index contributed by atoms with van der Waals surface area (Å²) in [5, 5.41) is 23.0. The molecule has 3 rings (SSSR count). The summed E-state index contributed by atoms with van der Waals surface area (Å²) in [6.45, 7) is 4.71. The van der Waals surface area contributed by atoms with Crippen LogP contribution in [0.5, 0.6) is 5.75 Å². The van der Waals surface area contributed by atoms with Gasteiger partial charge >= 0.3 is 0 Å². The van der Waals surface area contributed by atoms with E-state index < -0.39 is 4.92 Å². The summed E-state index contributed by atoms with van der Waals surface area (Å²) in [4.78, 5) is 10.7. The number of nitro groups is 1. The second-order valence-corrected chi connectivity index (χ2v) is 6.99. The van der Waals surface area contributed by atoms with Gasteiger partial charge in [-0.15, -0.1) is 16.8 Å². The topological polar surface area (TPSA) is 99.4 Å². The van der Waals surface area contributed by atoms with Crippen LogP contribution in [0, 0.1) is 10.1 Å². The first-order valence-electron chi connectivity index (χ1n) is 6.99. The predicted molar refractivity (Wildman–Crippen MR) is 91.5 cm³/mol. The third-order valence-electron chi connectivity index (χ3n) is 3.14. The Labute approximate surface area is 146 Å². The van der Waals surface area contributed by atoms with Crippen LogP contribution in [0.2, 0.25) is 0 Å². The van der Waals surface area contributed by atoms with Crippen molar-refractivity contribution < 1.29 is 14.4 Å². The van der Waals surface area contributed by atoms with Gasteiger partial charge in [0.05, 0.1) is 11.5 Å².